The topological polar surface area (TPSA) is 26.3 Å². The van der Waals surface area contributed by atoms with Crippen molar-refractivity contribution in [2.45, 2.75) is 40.0 Å². The number of aryl methyl sites for hydroxylation is 3. The molecule has 2 heterocycles. The molecule has 2 aromatic heterocycles. The van der Waals surface area contributed by atoms with Gasteiger partial charge >= 0.3 is 0 Å². The van der Waals surface area contributed by atoms with Crippen molar-refractivity contribution < 1.29 is 8.83 Å². The van der Waals surface area contributed by atoms with Crippen LogP contribution in [0.25, 0.3) is 22.3 Å². The van der Waals surface area contributed by atoms with Gasteiger partial charge in [-0.3, -0.25) is 0 Å². The molecule has 3 rings (SSSR count). The summed E-state index contributed by atoms with van der Waals surface area (Å²) in [6.07, 6.45) is 2.84. The molecule has 0 saturated heterocycles. The van der Waals surface area contributed by atoms with Gasteiger partial charge < -0.3 is 8.83 Å². The van der Waals surface area contributed by atoms with Crippen LogP contribution in [-0.4, -0.2) is 0 Å². The van der Waals surface area contributed by atoms with Gasteiger partial charge in [-0.15, -0.1) is 0 Å². The van der Waals surface area contributed by atoms with Crippen LogP contribution in [0, 0.1) is 0 Å². The monoisotopic (exact) mass is 268 g/mol. The van der Waals surface area contributed by atoms with E-state index in [9.17, 15) is 0 Å². The maximum absolute atomic E-state index is 6.03. The quantitative estimate of drug-likeness (QED) is 0.635. The Hall–Kier alpha value is -1.96. The molecule has 2 heteroatoms. The highest BCUT2D eigenvalue weighted by Gasteiger charge is 2.14. The molecule has 0 fully saturated rings. The van der Waals surface area contributed by atoms with E-state index in [4.69, 9.17) is 8.83 Å². The molecule has 0 aliphatic carbocycles. The summed E-state index contributed by atoms with van der Waals surface area (Å²) in [5.74, 6) is 2.94. The van der Waals surface area contributed by atoms with Gasteiger partial charge in [0.1, 0.15) is 22.9 Å². The first kappa shape index (κ1) is 13.0. The summed E-state index contributed by atoms with van der Waals surface area (Å²) in [4.78, 5) is 0. The average molecular weight is 268 g/mol. The lowest BCUT2D eigenvalue weighted by Crippen LogP contribution is -1.83. The van der Waals surface area contributed by atoms with Crippen LogP contribution in [0.2, 0.25) is 0 Å². The summed E-state index contributed by atoms with van der Waals surface area (Å²) < 4.78 is 11.9. The fourth-order valence-electron chi connectivity index (χ4n) is 2.62. The maximum atomic E-state index is 6.03. The molecule has 1 aromatic carbocycles. The minimum Gasteiger partial charge on any atom is -0.461 e. The van der Waals surface area contributed by atoms with E-state index in [-0.39, 0.29) is 0 Å². The van der Waals surface area contributed by atoms with Crippen LogP contribution >= 0.6 is 0 Å². The van der Waals surface area contributed by atoms with Gasteiger partial charge in [0.15, 0.2) is 0 Å². The third kappa shape index (κ3) is 2.05. The summed E-state index contributed by atoms with van der Waals surface area (Å²) in [7, 11) is 0. The SMILES string of the molecule is CCc1ccc(-c2ccc(CC)c3cc(CC)oc23)o1. The third-order valence-corrected chi connectivity index (χ3v) is 3.83. The lowest BCUT2D eigenvalue weighted by atomic mass is 10.0. The van der Waals surface area contributed by atoms with Gasteiger partial charge in [-0.25, -0.2) is 0 Å². The van der Waals surface area contributed by atoms with Crippen molar-refractivity contribution in [2.75, 3.05) is 0 Å². The minimum absolute atomic E-state index is 0.895. The van der Waals surface area contributed by atoms with Crippen LogP contribution in [-0.2, 0) is 19.3 Å². The highest BCUT2D eigenvalue weighted by atomic mass is 16.4. The molecule has 0 N–H and O–H groups in total. The van der Waals surface area contributed by atoms with Gasteiger partial charge in [0, 0.05) is 18.2 Å². The number of benzene rings is 1. The first-order valence-corrected chi connectivity index (χ1v) is 7.40. The number of hydrogen-bond acceptors (Lipinski definition) is 2. The summed E-state index contributed by atoms with van der Waals surface area (Å²) in [6, 6.07) is 10.5. The summed E-state index contributed by atoms with van der Waals surface area (Å²) in [5.41, 5.74) is 3.34. The van der Waals surface area contributed by atoms with Gasteiger partial charge in [-0.05, 0) is 36.2 Å². The Balaban J connectivity index is 2.22. The molecule has 0 unspecified atom stereocenters. The molecule has 0 saturated carbocycles. The lowest BCUT2D eigenvalue weighted by molar-refractivity contribution is 0.525. The molecule has 2 nitrogen and oxygen atoms in total. The first-order chi connectivity index (χ1) is 9.76. The van der Waals surface area contributed by atoms with E-state index >= 15 is 0 Å². The van der Waals surface area contributed by atoms with Crippen molar-refractivity contribution in [1.29, 1.82) is 0 Å². The van der Waals surface area contributed by atoms with Crippen LogP contribution in [0.15, 0.2) is 39.2 Å². The molecule has 0 amide bonds. The van der Waals surface area contributed by atoms with E-state index in [2.05, 4.69) is 39.0 Å². The van der Waals surface area contributed by atoms with E-state index in [1.807, 2.05) is 12.1 Å². The predicted octanol–water partition coefficient (Wildman–Crippen LogP) is 5.38. The third-order valence-electron chi connectivity index (χ3n) is 3.83. The van der Waals surface area contributed by atoms with Crippen LogP contribution in [0.5, 0.6) is 0 Å². The second-order valence-electron chi connectivity index (χ2n) is 5.05. The zero-order valence-corrected chi connectivity index (χ0v) is 12.3. The Morgan fingerprint density at radius 2 is 1.60 bits per heavy atom. The Morgan fingerprint density at radius 3 is 2.25 bits per heavy atom. The number of hydrogen-bond donors (Lipinski definition) is 0. The summed E-state index contributed by atoms with van der Waals surface area (Å²) >= 11 is 0. The van der Waals surface area contributed by atoms with E-state index in [0.717, 1.165) is 47.7 Å². The fourth-order valence-corrected chi connectivity index (χ4v) is 2.62. The molecule has 0 bridgehead atoms. The van der Waals surface area contributed by atoms with Gasteiger partial charge in [-0.1, -0.05) is 26.8 Å². The second kappa shape index (κ2) is 5.20. The summed E-state index contributed by atoms with van der Waals surface area (Å²) in [5, 5.41) is 1.22. The van der Waals surface area contributed by atoms with Crippen molar-refractivity contribution in [1.82, 2.24) is 0 Å². The molecule has 0 atom stereocenters. The zero-order valence-electron chi connectivity index (χ0n) is 12.3. The van der Waals surface area contributed by atoms with Crippen LogP contribution < -0.4 is 0 Å². The first-order valence-electron chi connectivity index (χ1n) is 7.40. The van der Waals surface area contributed by atoms with Gasteiger partial charge in [0.2, 0.25) is 0 Å². The highest BCUT2D eigenvalue weighted by molar-refractivity contribution is 5.93. The van der Waals surface area contributed by atoms with Crippen molar-refractivity contribution >= 4 is 11.0 Å². The van der Waals surface area contributed by atoms with E-state index in [0.29, 0.717) is 0 Å². The number of furan rings is 2. The van der Waals surface area contributed by atoms with Gasteiger partial charge in [-0.2, -0.15) is 0 Å². The second-order valence-corrected chi connectivity index (χ2v) is 5.05. The predicted molar refractivity (Wildman–Crippen MR) is 82.1 cm³/mol. The van der Waals surface area contributed by atoms with E-state index < -0.39 is 0 Å². The zero-order chi connectivity index (χ0) is 14.1. The average Bonchev–Trinajstić information content (AvgIpc) is 3.12. The van der Waals surface area contributed by atoms with Crippen LogP contribution in [0.3, 0.4) is 0 Å². The lowest BCUT2D eigenvalue weighted by Gasteiger charge is -2.03. The van der Waals surface area contributed by atoms with E-state index in [1.54, 1.807) is 0 Å². The molecule has 20 heavy (non-hydrogen) atoms. The minimum atomic E-state index is 0.895. The van der Waals surface area contributed by atoms with E-state index in [1.165, 1.54) is 10.9 Å². The molecule has 3 aromatic rings. The highest BCUT2D eigenvalue weighted by Crippen LogP contribution is 2.34. The number of rotatable bonds is 4. The molecule has 104 valence electrons. The normalized spacial score (nSPS) is 11.3. The Bertz CT molecular complexity index is 731. The van der Waals surface area contributed by atoms with Crippen molar-refractivity contribution in [3.05, 3.63) is 47.4 Å². The molecular weight excluding hydrogens is 248 g/mol. The largest absolute Gasteiger partial charge is 0.461 e. The summed E-state index contributed by atoms with van der Waals surface area (Å²) in [6.45, 7) is 6.39. The Kier molecular flexibility index (Phi) is 3.39. The fraction of sp³-hybridized carbons (Fsp3) is 0.333. The van der Waals surface area contributed by atoms with Gasteiger partial charge in [0.05, 0.1) is 5.56 Å². The molecule has 0 aliphatic rings. The van der Waals surface area contributed by atoms with Crippen molar-refractivity contribution in [3.8, 4) is 11.3 Å². The maximum Gasteiger partial charge on any atom is 0.145 e. The standard InChI is InChI=1S/C18H20O2/c1-4-12-7-9-15(17-10-8-13(5-2)19-17)18-16(12)11-14(6-3)20-18/h7-11H,4-6H2,1-3H3. The van der Waals surface area contributed by atoms with Gasteiger partial charge in [0.25, 0.3) is 0 Å². The molecule has 0 spiro atoms. The van der Waals surface area contributed by atoms with Crippen molar-refractivity contribution in [2.24, 2.45) is 0 Å². The molecule has 0 radical (unpaired) electrons. The van der Waals surface area contributed by atoms with Crippen molar-refractivity contribution in [3.63, 3.8) is 0 Å². The Labute approximate surface area is 119 Å². The van der Waals surface area contributed by atoms with Crippen LogP contribution in [0.1, 0.15) is 37.9 Å². The molecule has 0 aliphatic heterocycles. The molecular formula is C18H20O2. The smallest absolute Gasteiger partial charge is 0.145 e. The Morgan fingerprint density at radius 1 is 0.800 bits per heavy atom. The number of fused-ring (bicyclic) bond motifs is 1. The van der Waals surface area contributed by atoms with Crippen LogP contribution in [0.4, 0.5) is 0 Å².